The van der Waals surface area contributed by atoms with Crippen LogP contribution in [-0.2, 0) is 0 Å². The average Bonchev–Trinajstić information content (AvgIpc) is 2.32. The van der Waals surface area contributed by atoms with Gasteiger partial charge in [-0.2, -0.15) is 0 Å². The molecule has 1 heterocycles. The number of nitrogen functional groups attached to an aromatic ring is 1. The fourth-order valence-corrected chi connectivity index (χ4v) is 1.74. The monoisotopic (exact) mass is 247 g/mol. The van der Waals surface area contributed by atoms with Gasteiger partial charge in [0.25, 0.3) is 5.56 Å². The van der Waals surface area contributed by atoms with E-state index in [9.17, 15) is 9.90 Å². The van der Waals surface area contributed by atoms with Crippen LogP contribution < -0.4 is 11.4 Å². The van der Waals surface area contributed by atoms with Crippen LogP contribution in [0.2, 0.25) is 0 Å². The second-order valence-corrected chi connectivity index (χ2v) is 5.43. The van der Waals surface area contributed by atoms with Gasteiger partial charge in [0.2, 0.25) is 0 Å². The molecule has 2 aromatic rings. The molecule has 3 N–H and O–H groups in total. The van der Waals surface area contributed by atoms with Crippen molar-refractivity contribution in [3.8, 4) is 0 Å². The van der Waals surface area contributed by atoms with Crippen LogP contribution in [0.3, 0.4) is 0 Å². The van der Waals surface area contributed by atoms with E-state index >= 15 is 0 Å². The molecule has 96 valence electrons. The van der Waals surface area contributed by atoms with Crippen LogP contribution >= 0.6 is 0 Å². The molecular weight excluding hydrogens is 230 g/mol. The van der Waals surface area contributed by atoms with Gasteiger partial charge in [0.1, 0.15) is 6.10 Å². The van der Waals surface area contributed by atoms with Crippen LogP contribution in [-0.4, -0.2) is 14.8 Å². The summed E-state index contributed by atoms with van der Waals surface area (Å²) in [5, 5.41) is 10.7. The highest BCUT2D eigenvalue weighted by Crippen LogP contribution is 2.30. The Kier molecular flexibility index (Phi) is 2.86. The van der Waals surface area contributed by atoms with Gasteiger partial charge in [-0.15, -0.1) is 0 Å². The van der Waals surface area contributed by atoms with Crippen molar-refractivity contribution in [1.29, 1.82) is 0 Å². The summed E-state index contributed by atoms with van der Waals surface area (Å²) in [6.07, 6.45) is -0.903. The largest absolute Gasteiger partial charge is 0.385 e. The van der Waals surface area contributed by atoms with Crippen molar-refractivity contribution in [3.05, 3.63) is 40.4 Å². The second kappa shape index (κ2) is 4.10. The minimum absolute atomic E-state index is 0.186. The van der Waals surface area contributed by atoms with E-state index in [0.29, 0.717) is 10.9 Å². The Hall–Kier alpha value is -1.88. The van der Waals surface area contributed by atoms with E-state index in [2.05, 4.69) is 4.98 Å². The Morgan fingerprint density at radius 2 is 1.94 bits per heavy atom. The van der Waals surface area contributed by atoms with Gasteiger partial charge in [0.15, 0.2) is 5.82 Å². The summed E-state index contributed by atoms with van der Waals surface area (Å²) in [7, 11) is 0. The third-order valence-corrected chi connectivity index (χ3v) is 2.90. The Bertz CT molecular complexity index is 641. The number of aliphatic hydroxyl groups excluding tert-OH is 1. The maximum absolute atomic E-state index is 12.1. The summed E-state index contributed by atoms with van der Waals surface area (Å²) in [5.74, 6) is 5.91. The molecule has 0 aliphatic rings. The zero-order valence-corrected chi connectivity index (χ0v) is 10.7. The van der Waals surface area contributed by atoms with E-state index in [1.165, 1.54) is 0 Å². The van der Waals surface area contributed by atoms with Crippen molar-refractivity contribution in [2.45, 2.75) is 26.9 Å². The molecule has 1 atom stereocenters. The molecule has 0 saturated heterocycles. The molecule has 0 aliphatic carbocycles. The highest BCUT2D eigenvalue weighted by atomic mass is 16.3. The quantitative estimate of drug-likeness (QED) is 0.742. The van der Waals surface area contributed by atoms with E-state index in [4.69, 9.17) is 5.84 Å². The van der Waals surface area contributed by atoms with E-state index < -0.39 is 11.5 Å². The highest BCUT2D eigenvalue weighted by molar-refractivity contribution is 5.77. The molecule has 5 heteroatoms. The summed E-state index contributed by atoms with van der Waals surface area (Å²) in [4.78, 5) is 16.4. The molecule has 18 heavy (non-hydrogen) atoms. The Balaban J connectivity index is 2.74. The molecule has 5 nitrogen and oxygen atoms in total. The van der Waals surface area contributed by atoms with Gasteiger partial charge in [-0.25, -0.2) is 9.66 Å². The maximum atomic E-state index is 12.1. The fraction of sp³-hybridized carbons (Fsp3) is 0.385. The number of benzene rings is 1. The normalized spacial score (nSPS) is 13.8. The first-order valence-electron chi connectivity index (χ1n) is 5.77. The lowest BCUT2D eigenvalue weighted by atomic mass is 9.88. The molecule has 1 aromatic carbocycles. The minimum atomic E-state index is -0.903. The molecule has 0 unspecified atom stereocenters. The molecular formula is C13H17N3O2. The van der Waals surface area contributed by atoms with Crippen molar-refractivity contribution in [2.75, 3.05) is 5.84 Å². The van der Waals surface area contributed by atoms with Crippen LogP contribution in [0.4, 0.5) is 0 Å². The smallest absolute Gasteiger partial charge is 0.279 e. The van der Waals surface area contributed by atoms with Crippen LogP contribution in [0, 0.1) is 5.41 Å². The topological polar surface area (TPSA) is 81.1 Å². The van der Waals surface area contributed by atoms with E-state index in [1.54, 1.807) is 24.3 Å². The third kappa shape index (κ3) is 1.97. The van der Waals surface area contributed by atoms with Crippen LogP contribution in [0.5, 0.6) is 0 Å². The standard InChI is InChI=1S/C13H17N3O2/c1-13(2,3)10(17)11-15-9-7-5-4-6-8(9)12(18)16(11)14/h4-7,10,17H,14H2,1-3H3/t10-/m1/s1. The molecule has 0 spiro atoms. The molecule has 0 saturated carbocycles. The molecule has 0 bridgehead atoms. The van der Waals surface area contributed by atoms with Gasteiger partial charge in [-0.1, -0.05) is 32.9 Å². The Morgan fingerprint density at radius 3 is 2.56 bits per heavy atom. The average molecular weight is 247 g/mol. The number of para-hydroxylation sites is 1. The SMILES string of the molecule is CC(C)(C)[C@H](O)c1nc2ccccc2c(=O)n1N. The van der Waals surface area contributed by atoms with Gasteiger partial charge in [-0.05, 0) is 17.5 Å². The summed E-state index contributed by atoms with van der Waals surface area (Å²) in [6, 6.07) is 6.95. The number of hydrogen-bond acceptors (Lipinski definition) is 4. The molecule has 0 aliphatic heterocycles. The number of rotatable bonds is 1. The number of aromatic nitrogens is 2. The summed E-state index contributed by atoms with van der Waals surface area (Å²) < 4.78 is 0.929. The third-order valence-electron chi connectivity index (χ3n) is 2.90. The number of nitrogens with zero attached hydrogens (tertiary/aromatic N) is 2. The van der Waals surface area contributed by atoms with E-state index in [0.717, 1.165) is 4.68 Å². The predicted molar refractivity (Wildman–Crippen MR) is 70.6 cm³/mol. The van der Waals surface area contributed by atoms with Gasteiger partial charge >= 0.3 is 0 Å². The molecule has 0 radical (unpaired) electrons. The summed E-state index contributed by atoms with van der Waals surface area (Å²) in [5.41, 5.74) is -0.246. The number of fused-ring (bicyclic) bond motifs is 1. The first-order chi connectivity index (χ1) is 8.32. The lowest BCUT2D eigenvalue weighted by Gasteiger charge is -2.26. The van der Waals surface area contributed by atoms with Crippen molar-refractivity contribution in [1.82, 2.24) is 9.66 Å². The number of hydrogen-bond donors (Lipinski definition) is 2. The first kappa shape index (κ1) is 12.6. The van der Waals surface area contributed by atoms with Crippen molar-refractivity contribution >= 4 is 10.9 Å². The van der Waals surface area contributed by atoms with Crippen molar-refractivity contribution < 1.29 is 5.11 Å². The van der Waals surface area contributed by atoms with E-state index in [1.807, 2.05) is 20.8 Å². The number of aliphatic hydroxyl groups is 1. The molecule has 2 rings (SSSR count). The highest BCUT2D eigenvalue weighted by Gasteiger charge is 2.28. The number of nitrogens with two attached hydrogens (primary N) is 1. The van der Waals surface area contributed by atoms with Crippen molar-refractivity contribution in [3.63, 3.8) is 0 Å². The lowest BCUT2D eigenvalue weighted by molar-refractivity contribution is 0.0522. The minimum Gasteiger partial charge on any atom is -0.385 e. The predicted octanol–water partition coefficient (Wildman–Crippen LogP) is 1.19. The summed E-state index contributed by atoms with van der Waals surface area (Å²) in [6.45, 7) is 5.58. The van der Waals surface area contributed by atoms with Crippen LogP contribution in [0.15, 0.2) is 29.1 Å². The van der Waals surface area contributed by atoms with Crippen molar-refractivity contribution in [2.24, 2.45) is 5.41 Å². The lowest BCUT2D eigenvalue weighted by Crippen LogP contribution is -2.35. The van der Waals surface area contributed by atoms with E-state index in [-0.39, 0.29) is 11.4 Å². The van der Waals surface area contributed by atoms with Gasteiger partial charge < -0.3 is 10.9 Å². The Labute approximate surface area is 105 Å². The maximum Gasteiger partial charge on any atom is 0.279 e. The zero-order valence-electron chi connectivity index (χ0n) is 10.7. The Morgan fingerprint density at radius 1 is 1.33 bits per heavy atom. The summed E-state index contributed by atoms with van der Waals surface area (Å²) >= 11 is 0. The van der Waals surface area contributed by atoms with Gasteiger partial charge in [0.05, 0.1) is 10.9 Å². The molecule has 0 fully saturated rings. The molecule has 1 aromatic heterocycles. The van der Waals surface area contributed by atoms with Gasteiger partial charge in [0, 0.05) is 0 Å². The van der Waals surface area contributed by atoms with Gasteiger partial charge in [-0.3, -0.25) is 4.79 Å². The van der Waals surface area contributed by atoms with Crippen LogP contribution in [0.1, 0.15) is 32.7 Å². The fourth-order valence-electron chi connectivity index (χ4n) is 1.74. The molecule has 0 amide bonds. The first-order valence-corrected chi connectivity index (χ1v) is 5.77. The second-order valence-electron chi connectivity index (χ2n) is 5.43. The van der Waals surface area contributed by atoms with Crippen LogP contribution in [0.25, 0.3) is 10.9 Å². The zero-order chi connectivity index (χ0) is 13.5.